The third-order valence-corrected chi connectivity index (χ3v) is 6.36. The van der Waals surface area contributed by atoms with Crippen molar-refractivity contribution in [1.82, 2.24) is 20.3 Å². The van der Waals surface area contributed by atoms with Crippen molar-refractivity contribution in [2.45, 2.75) is 38.0 Å². The topological polar surface area (TPSA) is 148 Å². The minimum atomic E-state index is -0.870. The lowest BCUT2D eigenvalue weighted by molar-refractivity contribution is -0.140. The SMILES string of the molecule is CN/C(Nc1cncc(C(C)C)n1)=C(\C=N)c1ccc(-c2ccc(C3(C(=O)O)CC3)cc2C#N)cn1. The summed E-state index contributed by atoms with van der Waals surface area (Å²) < 4.78 is 0. The monoisotopic (exact) mass is 481 g/mol. The van der Waals surface area contributed by atoms with Crippen molar-refractivity contribution >= 4 is 23.6 Å². The average molecular weight is 482 g/mol. The molecule has 4 N–H and O–H groups in total. The molecule has 0 saturated heterocycles. The molecule has 2 heterocycles. The van der Waals surface area contributed by atoms with E-state index in [4.69, 9.17) is 5.41 Å². The molecule has 9 heteroatoms. The molecule has 1 aromatic carbocycles. The first-order valence-electron chi connectivity index (χ1n) is 11.6. The molecule has 3 aromatic rings. The fourth-order valence-corrected chi connectivity index (χ4v) is 4.04. The van der Waals surface area contributed by atoms with Gasteiger partial charge in [0, 0.05) is 36.8 Å². The van der Waals surface area contributed by atoms with E-state index < -0.39 is 11.4 Å². The van der Waals surface area contributed by atoms with E-state index in [2.05, 4.69) is 31.7 Å². The zero-order chi connectivity index (χ0) is 25.9. The highest BCUT2D eigenvalue weighted by Crippen LogP contribution is 2.49. The number of carboxylic acid groups (broad SMARTS) is 1. The van der Waals surface area contributed by atoms with Crippen LogP contribution in [0.25, 0.3) is 16.7 Å². The summed E-state index contributed by atoms with van der Waals surface area (Å²) in [7, 11) is 1.74. The second-order valence-corrected chi connectivity index (χ2v) is 8.98. The number of nitrogens with zero attached hydrogens (tertiary/aromatic N) is 4. The summed E-state index contributed by atoms with van der Waals surface area (Å²) in [6, 6.07) is 11.0. The third kappa shape index (κ3) is 4.66. The molecule has 9 nitrogen and oxygen atoms in total. The lowest BCUT2D eigenvalue weighted by atomic mass is 9.91. The van der Waals surface area contributed by atoms with Gasteiger partial charge in [0.2, 0.25) is 0 Å². The molecule has 0 bridgehead atoms. The van der Waals surface area contributed by atoms with Gasteiger partial charge in [0.15, 0.2) is 0 Å². The van der Waals surface area contributed by atoms with Gasteiger partial charge in [-0.1, -0.05) is 32.0 Å². The summed E-state index contributed by atoms with van der Waals surface area (Å²) in [6.07, 6.45) is 7.35. The Bertz CT molecular complexity index is 1380. The molecule has 0 aliphatic heterocycles. The Kier molecular flexibility index (Phi) is 6.79. The molecule has 182 valence electrons. The van der Waals surface area contributed by atoms with Crippen LogP contribution in [-0.2, 0) is 10.2 Å². The number of pyridine rings is 1. The fourth-order valence-electron chi connectivity index (χ4n) is 4.04. The van der Waals surface area contributed by atoms with Crippen LogP contribution in [0.2, 0.25) is 0 Å². The van der Waals surface area contributed by atoms with E-state index in [0.717, 1.165) is 11.3 Å². The first kappa shape index (κ1) is 24.5. The molecule has 1 saturated carbocycles. The first-order chi connectivity index (χ1) is 17.3. The summed E-state index contributed by atoms with van der Waals surface area (Å²) in [5.41, 5.74) is 3.51. The Balaban J connectivity index is 1.64. The zero-order valence-corrected chi connectivity index (χ0v) is 20.3. The Morgan fingerprint density at radius 1 is 1.22 bits per heavy atom. The molecule has 0 spiro atoms. The molecule has 0 radical (unpaired) electrons. The molecule has 1 fully saturated rings. The average Bonchev–Trinajstić information content (AvgIpc) is 3.71. The Hall–Kier alpha value is -4.58. The number of carbonyl (C=O) groups is 1. The zero-order valence-electron chi connectivity index (χ0n) is 20.3. The van der Waals surface area contributed by atoms with Crippen molar-refractivity contribution in [1.29, 1.82) is 10.7 Å². The number of benzene rings is 1. The Morgan fingerprint density at radius 2 is 2.00 bits per heavy atom. The Labute approximate surface area is 209 Å². The van der Waals surface area contributed by atoms with Crippen molar-refractivity contribution in [3.8, 4) is 17.2 Å². The standard InChI is InChI=1S/C27H27N7O2/c1-16(2)23-14-31-15-24(33-23)34-25(30-3)21(12-29)22-7-4-17(13-32-22)20-6-5-19(10-18(20)11-28)27(8-9-27)26(35)36/h4-7,10,12-16,29-30H,8-9H2,1-3H3,(H,33,34)(H,35,36)/b25-21-,29-12?. The third-order valence-electron chi connectivity index (χ3n) is 6.36. The molecule has 0 atom stereocenters. The minimum absolute atomic E-state index is 0.226. The van der Waals surface area contributed by atoms with E-state index in [1.807, 2.05) is 19.9 Å². The molecule has 1 aliphatic carbocycles. The van der Waals surface area contributed by atoms with Gasteiger partial charge in [0.05, 0.1) is 40.2 Å². The van der Waals surface area contributed by atoms with E-state index in [0.29, 0.717) is 52.4 Å². The van der Waals surface area contributed by atoms with Gasteiger partial charge in [-0.15, -0.1) is 0 Å². The van der Waals surface area contributed by atoms with Crippen LogP contribution >= 0.6 is 0 Å². The molecule has 4 rings (SSSR count). The number of anilines is 1. The number of allylic oxidation sites excluding steroid dienone is 1. The van der Waals surface area contributed by atoms with Gasteiger partial charge in [-0.2, -0.15) is 5.26 Å². The number of aliphatic carboxylic acids is 1. The van der Waals surface area contributed by atoms with Crippen molar-refractivity contribution < 1.29 is 9.90 Å². The number of nitriles is 1. The lowest BCUT2D eigenvalue weighted by Gasteiger charge is -2.15. The second-order valence-electron chi connectivity index (χ2n) is 8.98. The van der Waals surface area contributed by atoms with Crippen LogP contribution in [-0.4, -0.2) is 39.3 Å². The van der Waals surface area contributed by atoms with Crippen LogP contribution in [0, 0.1) is 16.7 Å². The minimum Gasteiger partial charge on any atom is -0.481 e. The van der Waals surface area contributed by atoms with Crippen LogP contribution in [0.3, 0.4) is 0 Å². The smallest absolute Gasteiger partial charge is 0.314 e. The Morgan fingerprint density at radius 3 is 2.56 bits per heavy atom. The molecule has 36 heavy (non-hydrogen) atoms. The maximum Gasteiger partial charge on any atom is 0.314 e. The summed E-state index contributed by atoms with van der Waals surface area (Å²) in [5, 5.41) is 33.5. The predicted octanol–water partition coefficient (Wildman–Crippen LogP) is 4.30. The molecule has 2 aromatic heterocycles. The van der Waals surface area contributed by atoms with Gasteiger partial charge in [-0.25, -0.2) is 4.98 Å². The van der Waals surface area contributed by atoms with Gasteiger partial charge >= 0.3 is 5.97 Å². The van der Waals surface area contributed by atoms with Crippen LogP contribution in [0.4, 0.5) is 5.82 Å². The number of nitrogens with one attached hydrogen (secondary N) is 3. The highest BCUT2D eigenvalue weighted by Gasteiger charge is 2.51. The normalized spacial score (nSPS) is 14.4. The van der Waals surface area contributed by atoms with E-state index >= 15 is 0 Å². The quantitative estimate of drug-likeness (QED) is 0.331. The van der Waals surface area contributed by atoms with Gasteiger partial charge in [0.25, 0.3) is 0 Å². The maximum atomic E-state index is 11.7. The van der Waals surface area contributed by atoms with E-state index in [1.165, 1.54) is 6.21 Å². The van der Waals surface area contributed by atoms with Crippen LogP contribution in [0.5, 0.6) is 0 Å². The maximum absolute atomic E-state index is 11.7. The molecular weight excluding hydrogens is 454 g/mol. The van der Waals surface area contributed by atoms with Gasteiger partial charge in [0.1, 0.15) is 11.6 Å². The van der Waals surface area contributed by atoms with Crippen LogP contribution in [0.1, 0.15) is 55.1 Å². The summed E-state index contributed by atoms with van der Waals surface area (Å²) in [6.45, 7) is 4.08. The van der Waals surface area contributed by atoms with E-state index in [1.54, 1.807) is 49.9 Å². The van der Waals surface area contributed by atoms with Gasteiger partial charge in [-0.05, 0) is 36.5 Å². The van der Waals surface area contributed by atoms with Gasteiger partial charge < -0.3 is 21.1 Å². The second kappa shape index (κ2) is 9.96. The van der Waals surface area contributed by atoms with Crippen molar-refractivity contribution in [2.24, 2.45) is 0 Å². The van der Waals surface area contributed by atoms with Crippen molar-refractivity contribution in [2.75, 3.05) is 12.4 Å². The number of hydrogen-bond acceptors (Lipinski definition) is 8. The van der Waals surface area contributed by atoms with Crippen LogP contribution < -0.4 is 10.6 Å². The summed E-state index contributed by atoms with van der Waals surface area (Å²) in [5.74, 6) is 0.469. The van der Waals surface area contributed by atoms with Gasteiger partial charge in [-0.3, -0.25) is 14.8 Å². The summed E-state index contributed by atoms with van der Waals surface area (Å²) >= 11 is 0. The first-order valence-corrected chi connectivity index (χ1v) is 11.6. The number of hydrogen-bond donors (Lipinski definition) is 4. The molecule has 0 unspecified atom stereocenters. The van der Waals surface area contributed by atoms with Crippen molar-refractivity contribution in [3.05, 3.63) is 77.3 Å². The molecule has 1 aliphatic rings. The highest BCUT2D eigenvalue weighted by molar-refractivity contribution is 6.09. The fraction of sp³-hybridized carbons (Fsp3) is 0.259. The predicted molar refractivity (Wildman–Crippen MR) is 137 cm³/mol. The lowest BCUT2D eigenvalue weighted by Crippen LogP contribution is -2.19. The molecular formula is C27H27N7O2. The molecule has 0 amide bonds. The van der Waals surface area contributed by atoms with E-state index in [9.17, 15) is 15.2 Å². The highest BCUT2D eigenvalue weighted by atomic mass is 16.4. The number of aromatic nitrogens is 3. The summed E-state index contributed by atoms with van der Waals surface area (Å²) in [4.78, 5) is 25.0. The van der Waals surface area contributed by atoms with Crippen molar-refractivity contribution in [3.63, 3.8) is 0 Å². The van der Waals surface area contributed by atoms with E-state index in [-0.39, 0.29) is 5.92 Å². The number of rotatable bonds is 9. The largest absolute Gasteiger partial charge is 0.481 e. The number of carboxylic acids is 1. The van der Waals surface area contributed by atoms with Crippen LogP contribution in [0.15, 0.2) is 54.7 Å².